The second kappa shape index (κ2) is 10.4. The van der Waals surface area contributed by atoms with Crippen LogP contribution in [0.4, 0.5) is 5.00 Å². The number of thiophene rings is 1. The first-order valence-electron chi connectivity index (χ1n) is 10.8. The van der Waals surface area contributed by atoms with Gasteiger partial charge in [0, 0.05) is 30.6 Å². The first-order valence-corrected chi connectivity index (χ1v) is 11.6. The van der Waals surface area contributed by atoms with Crippen molar-refractivity contribution < 1.29 is 14.3 Å². The number of ether oxygens (including phenoxy) is 1. The summed E-state index contributed by atoms with van der Waals surface area (Å²) in [6.07, 6.45) is 4.00. The summed E-state index contributed by atoms with van der Waals surface area (Å²) in [6, 6.07) is 20.0. The third kappa shape index (κ3) is 5.33. The number of amides is 1. The van der Waals surface area contributed by atoms with E-state index in [1.165, 1.54) is 23.0 Å². The molecule has 1 aliphatic heterocycles. The fraction of sp³-hybridized carbons (Fsp3) is 0.231. The highest BCUT2D eigenvalue weighted by Crippen LogP contribution is 2.38. The average molecular weight is 447 g/mol. The Kier molecular flexibility index (Phi) is 7.14. The number of rotatable bonds is 7. The number of benzene rings is 2. The van der Waals surface area contributed by atoms with Crippen LogP contribution >= 0.6 is 11.3 Å². The molecule has 164 valence electrons. The van der Waals surface area contributed by atoms with Gasteiger partial charge >= 0.3 is 5.97 Å². The van der Waals surface area contributed by atoms with Gasteiger partial charge in [-0.2, -0.15) is 0 Å². The number of nitrogens with zero attached hydrogens (tertiary/aromatic N) is 1. The van der Waals surface area contributed by atoms with Crippen LogP contribution in [0.1, 0.15) is 38.8 Å². The van der Waals surface area contributed by atoms with Crippen molar-refractivity contribution >= 4 is 34.3 Å². The fourth-order valence-electron chi connectivity index (χ4n) is 3.83. The predicted octanol–water partition coefficient (Wildman–Crippen LogP) is 5.14. The van der Waals surface area contributed by atoms with Crippen molar-refractivity contribution in [3.8, 4) is 0 Å². The lowest BCUT2D eigenvalue weighted by Gasteiger charge is -2.27. The molecule has 0 aliphatic carbocycles. The molecule has 3 aromatic rings. The standard InChI is InChI=1S/C26H26N2O3S/c1-2-31-26(30)24-21-15-16-28(17-20-11-7-4-8-12-20)18-22(21)32-25(24)27-23(29)14-13-19-9-5-3-6-10-19/h3-14H,2,15-18H2,1H3,(H,27,29). The summed E-state index contributed by atoms with van der Waals surface area (Å²) >= 11 is 1.47. The van der Waals surface area contributed by atoms with Gasteiger partial charge in [0.2, 0.25) is 5.91 Å². The van der Waals surface area contributed by atoms with Crippen LogP contribution in [-0.2, 0) is 29.0 Å². The third-order valence-corrected chi connectivity index (χ3v) is 6.46. The van der Waals surface area contributed by atoms with Crippen molar-refractivity contribution in [2.75, 3.05) is 18.5 Å². The van der Waals surface area contributed by atoms with Gasteiger partial charge in [-0.3, -0.25) is 9.69 Å². The molecule has 2 aromatic carbocycles. The Labute approximate surface area is 192 Å². The number of fused-ring (bicyclic) bond motifs is 1. The Morgan fingerprint density at radius 2 is 1.81 bits per heavy atom. The van der Waals surface area contributed by atoms with E-state index in [0.717, 1.165) is 42.1 Å². The molecule has 0 unspecified atom stereocenters. The van der Waals surface area contributed by atoms with Crippen LogP contribution in [0, 0.1) is 0 Å². The number of esters is 1. The highest BCUT2D eigenvalue weighted by Gasteiger charge is 2.29. The molecular formula is C26H26N2O3S. The van der Waals surface area contributed by atoms with Gasteiger partial charge in [0.05, 0.1) is 12.2 Å². The zero-order chi connectivity index (χ0) is 22.3. The number of nitrogens with one attached hydrogen (secondary N) is 1. The zero-order valence-electron chi connectivity index (χ0n) is 18.0. The van der Waals surface area contributed by atoms with E-state index in [2.05, 4.69) is 22.3 Å². The number of carbonyl (C=O) groups excluding carboxylic acids is 2. The minimum atomic E-state index is -0.371. The van der Waals surface area contributed by atoms with Crippen molar-refractivity contribution in [2.24, 2.45) is 0 Å². The van der Waals surface area contributed by atoms with E-state index in [9.17, 15) is 9.59 Å². The summed E-state index contributed by atoms with van der Waals surface area (Å²) in [4.78, 5) is 28.8. The molecule has 0 radical (unpaired) electrons. The molecule has 1 amide bonds. The van der Waals surface area contributed by atoms with Gasteiger partial charge in [-0.1, -0.05) is 60.7 Å². The summed E-state index contributed by atoms with van der Waals surface area (Å²) in [5.41, 5.74) is 3.71. The second-order valence-corrected chi connectivity index (χ2v) is 8.71. The van der Waals surface area contributed by atoms with Crippen LogP contribution in [0.2, 0.25) is 0 Å². The lowest BCUT2D eigenvalue weighted by atomic mass is 10.0. The van der Waals surface area contributed by atoms with Gasteiger partial charge in [0.25, 0.3) is 0 Å². The number of hydrogen-bond donors (Lipinski definition) is 1. The molecule has 1 aromatic heterocycles. The maximum atomic E-state index is 12.7. The van der Waals surface area contributed by atoms with Crippen molar-refractivity contribution in [1.29, 1.82) is 0 Å². The molecule has 0 spiro atoms. The Hall–Kier alpha value is -3.22. The highest BCUT2D eigenvalue weighted by molar-refractivity contribution is 7.17. The Morgan fingerprint density at radius 3 is 2.53 bits per heavy atom. The smallest absolute Gasteiger partial charge is 0.341 e. The molecule has 0 fully saturated rings. The van der Waals surface area contributed by atoms with Gasteiger partial charge in [0.1, 0.15) is 5.00 Å². The Morgan fingerprint density at radius 1 is 1.09 bits per heavy atom. The maximum Gasteiger partial charge on any atom is 0.341 e. The zero-order valence-corrected chi connectivity index (χ0v) is 18.9. The molecule has 1 N–H and O–H groups in total. The van der Waals surface area contributed by atoms with Crippen LogP contribution in [0.25, 0.3) is 6.08 Å². The van der Waals surface area contributed by atoms with E-state index in [4.69, 9.17) is 4.74 Å². The van der Waals surface area contributed by atoms with Gasteiger partial charge in [-0.15, -0.1) is 11.3 Å². The maximum absolute atomic E-state index is 12.7. The lowest BCUT2D eigenvalue weighted by Crippen LogP contribution is -2.29. The lowest BCUT2D eigenvalue weighted by molar-refractivity contribution is -0.111. The molecule has 5 nitrogen and oxygen atoms in total. The first kappa shape index (κ1) is 22.0. The van der Waals surface area contributed by atoms with E-state index in [0.29, 0.717) is 17.2 Å². The van der Waals surface area contributed by atoms with E-state index < -0.39 is 0 Å². The topological polar surface area (TPSA) is 58.6 Å². The molecule has 0 saturated carbocycles. The van der Waals surface area contributed by atoms with Crippen molar-refractivity contribution in [1.82, 2.24) is 4.90 Å². The highest BCUT2D eigenvalue weighted by atomic mass is 32.1. The average Bonchev–Trinajstić information content (AvgIpc) is 3.16. The molecule has 6 heteroatoms. The van der Waals surface area contributed by atoms with Crippen molar-refractivity contribution in [3.05, 3.63) is 93.9 Å². The summed E-state index contributed by atoms with van der Waals surface area (Å²) in [5, 5.41) is 3.48. The SMILES string of the molecule is CCOC(=O)c1c(NC(=O)C=Cc2ccccc2)sc2c1CCN(Cc1ccccc1)C2. The van der Waals surface area contributed by atoms with Crippen LogP contribution in [0.5, 0.6) is 0 Å². The molecular weight excluding hydrogens is 420 g/mol. The van der Waals surface area contributed by atoms with E-state index in [1.54, 1.807) is 13.0 Å². The predicted molar refractivity (Wildman–Crippen MR) is 129 cm³/mol. The molecule has 0 atom stereocenters. The molecule has 4 rings (SSSR count). The van der Waals surface area contributed by atoms with Crippen LogP contribution < -0.4 is 5.32 Å². The van der Waals surface area contributed by atoms with E-state index >= 15 is 0 Å². The third-order valence-electron chi connectivity index (χ3n) is 5.33. The minimum Gasteiger partial charge on any atom is -0.462 e. The van der Waals surface area contributed by atoms with Gasteiger partial charge in [0.15, 0.2) is 0 Å². The second-order valence-electron chi connectivity index (χ2n) is 7.61. The summed E-state index contributed by atoms with van der Waals surface area (Å²) in [6.45, 7) is 4.54. The van der Waals surface area contributed by atoms with Gasteiger partial charge in [-0.25, -0.2) is 4.79 Å². The van der Waals surface area contributed by atoms with Gasteiger partial charge in [-0.05, 0) is 36.1 Å². The quantitative estimate of drug-likeness (QED) is 0.404. The van der Waals surface area contributed by atoms with E-state index in [-0.39, 0.29) is 11.9 Å². The minimum absolute atomic E-state index is 0.265. The summed E-state index contributed by atoms with van der Waals surface area (Å²) in [5.74, 6) is -0.636. The number of hydrogen-bond acceptors (Lipinski definition) is 5. The normalized spacial score (nSPS) is 13.7. The molecule has 2 heterocycles. The van der Waals surface area contributed by atoms with E-state index in [1.807, 2.05) is 48.5 Å². The monoisotopic (exact) mass is 446 g/mol. The first-order chi connectivity index (χ1) is 15.6. The number of carbonyl (C=O) groups is 2. The molecule has 0 saturated heterocycles. The molecule has 1 aliphatic rings. The Balaban J connectivity index is 1.53. The molecule has 0 bridgehead atoms. The largest absolute Gasteiger partial charge is 0.462 e. The Bertz CT molecular complexity index is 1110. The van der Waals surface area contributed by atoms with Crippen molar-refractivity contribution in [2.45, 2.75) is 26.4 Å². The number of anilines is 1. The molecule has 32 heavy (non-hydrogen) atoms. The van der Waals surface area contributed by atoms with Gasteiger partial charge < -0.3 is 10.1 Å². The summed E-state index contributed by atoms with van der Waals surface area (Å²) < 4.78 is 5.31. The fourth-order valence-corrected chi connectivity index (χ4v) is 5.11. The van der Waals surface area contributed by atoms with Crippen LogP contribution in [0.15, 0.2) is 66.7 Å². The summed E-state index contributed by atoms with van der Waals surface area (Å²) in [7, 11) is 0. The van der Waals surface area contributed by atoms with Crippen LogP contribution in [0.3, 0.4) is 0 Å². The van der Waals surface area contributed by atoms with Crippen LogP contribution in [-0.4, -0.2) is 29.9 Å². The van der Waals surface area contributed by atoms with Crippen molar-refractivity contribution in [3.63, 3.8) is 0 Å².